The summed E-state index contributed by atoms with van der Waals surface area (Å²) >= 11 is 10.6. The molecule has 0 heterocycles. The quantitative estimate of drug-likeness (QED) is 0.360. The molecular weight excluding hydrogens is 234 g/mol. The van der Waals surface area contributed by atoms with Crippen molar-refractivity contribution in [3.63, 3.8) is 0 Å². The van der Waals surface area contributed by atoms with Gasteiger partial charge >= 0.3 is 0 Å². The first-order valence-electron chi connectivity index (χ1n) is 5.25. The van der Waals surface area contributed by atoms with Crippen LogP contribution in [-0.4, -0.2) is 28.6 Å². The van der Waals surface area contributed by atoms with Gasteiger partial charge in [0.15, 0.2) is 5.11 Å². The van der Waals surface area contributed by atoms with E-state index in [4.69, 9.17) is 23.8 Å². The second-order valence-electron chi connectivity index (χ2n) is 3.68. The molecule has 0 aromatic heterocycles. The van der Waals surface area contributed by atoms with Gasteiger partial charge in [-0.3, -0.25) is 0 Å². The third-order valence-corrected chi connectivity index (χ3v) is 3.06. The minimum atomic E-state index is 0.345. The van der Waals surface area contributed by atoms with Gasteiger partial charge in [-0.25, -0.2) is 5.01 Å². The van der Waals surface area contributed by atoms with Crippen molar-refractivity contribution in [2.45, 2.75) is 38.1 Å². The normalized spacial score (nSPS) is 17.1. The van der Waals surface area contributed by atoms with Crippen molar-refractivity contribution >= 4 is 28.9 Å². The van der Waals surface area contributed by atoms with E-state index in [1.807, 2.05) is 0 Å². The molecular formula is C9H16ClN3OS. The Morgan fingerprint density at radius 2 is 2.13 bits per heavy atom. The van der Waals surface area contributed by atoms with Crippen LogP contribution in [0.1, 0.15) is 32.1 Å². The van der Waals surface area contributed by atoms with E-state index >= 15 is 0 Å². The fourth-order valence-electron chi connectivity index (χ4n) is 1.76. The van der Waals surface area contributed by atoms with Crippen molar-refractivity contribution in [2.75, 3.05) is 12.4 Å². The van der Waals surface area contributed by atoms with Crippen LogP contribution in [0.4, 0.5) is 0 Å². The maximum Gasteiger partial charge on any atom is 0.192 e. The van der Waals surface area contributed by atoms with E-state index in [-0.39, 0.29) is 0 Å². The minimum absolute atomic E-state index is 0.345. The van der Waals surface area contributed by atoms with Gasteiger partial charge in [0.2, 0.25) is 0 Å². The van der Waals surface area contributed by atoms with Gasteiger partial charge in [0.1, 0.15) is 0 Å². The van der Waals surface area contributed by atoms with Crippen molar-refractivity contribution in [3.05, 3.63) is 4.91 Å². The van der Waals surface area contributed by atoms with Gasteiger partial charge < -0.3 is 5.32 Å². The Morgan fingerprint density at radius 3 is 2.67 bits per heavy atom. The monoisotopic (exact) mass is 249 g/mol. The topological polar surface area (TPSA) is 44.7 Å². The molecule has 15 heavy (non-hydrogen) atoms. The van der Waals surface area contributed by atoms with E-state index in [0.29, 0.717) is 23.6 Å². The average molecular weight is 250 g/mol. The molecule has 6 heteroatoms. The van der Waals surface area contributed by atoms with Crippen LogP contribution >= 0.6 is 23.8 Å². The van der Waals surface area contributed by atoms with Gasteiger partial charge in [0, 0.05) is 11.9 Å². The van der Waals surface area contributed by atoms with Crippen LogP contribution < -0.4 is 5.32 Å². The van der Waals surface area contributed by atoms with Crippen molar-refractivity contribution < 1.29 is 0 Å². The SMILES string of the molecule is O=NN(CCCl)C(=S)NC1CCCCC1. The fraction of sp³-hybridized carbons (Fsp3) is 0.889. The highest BCUT2D eigenvalue weighted by molar-refractivity contribution is 7.80. The third kappa shape index (κ3) is 4.30. The summed E-state index contributed by atoms with van der Waals surface area (Å²) < 4.78 is 0. The maximum absolute atomic E-state index is 10.5. The molecule has 0 aromatic rings. The van der Waals surface area contributed by atoms with Crippen molar-refractivity contribution in [2.24, 2.45) is 5.29 Å². The van der Waals surface area contributed by atoms with Gasteiger partial charge in [-0.05, 0) is 25.1 Å². The number of halogens is 1. The summed E-state index contributed by atoms with van der Waals surface area (Å²) in [6, 6.07) is 0.394. The molecule has 0 spiro atoms. The Kier molecular flexibility index (Phi) is 5.86. The van der Waals surface area contributed by atoms with Crippen LogP contribution in [0.25, 0.3) is 0 Å². The number of nitroso groups, excluding NO2 is 1. The highest BCUT2D eigenvalue weighted by Gasteiger charge is 2.17. The lowest BCUT2D eigenvalue weighted by atomic mass is 9.96. The second kappa shape index (κ2) is 6.95. The summed E-state index contributed by atoms with van der Waals surface area (Å²) in [7, 11) is 0. The highest BCUT2D eigenvalue weighted by atomic mass is 35.5. The molecule has 1 rings (SSSR count). The van der Waals surface area contributed by atoms with E-state index in [2.05, 4.69) is 10.6 Å². The molecule has 1 saturated carbocycles. The first-order chi connectivity index (χ1) is 7.27. The van der Waals surface area contributed by atoms with Crippen LogP contribution in [0, 0.1) is 4.91 Å². The Bertz CT molecular complexity index is 221. The predicted molar refractivity (Wildman–Crippen MR) is 65.8 cm³/mol. The molecule has 1 aliphatic rings. The Labute approximate surface area is 100 Å². The molecule has 0 aliphatic heterocycles. The number of thiocarbonyl (C=S) groups is 1. The van der Waals surface area contributed by atoms with Crippen molar-refractivity contribution in [3.8, 4) is 0 Å². The summed E-state index contributed by atoms with van der Waals surface area (Å²) in [5.41, 5.74) is 0. The van der Waals surface area contributed by atoms with E-state index in [9.17, 15) is 4.91 Å². The Hall–Kier alpha value is -0.420. The summed E-state index contributed by atoms with van der Waals surface area (Å²) in [5.74, 6) is 0.345. The molecule has 1 N–H and O–H groups in total. The van der Waals surface area contributed by atoms with Crippen LogP contribution in [0.5, 0.6) is 0 Å². The van der Waals surface area contributed by atoms with Gasteiger partial charge in [-0.1, -0.05) is 19.3 Å². The summed E-state index contributed by atoms with van der Waals surface area (Å²) in [4.78, 5) is 10.5. The smallest absolute Gasteiger partial charge is 0.192 e. The molecule has 1 fully saturated rings. The predicted octanol–water partition coefficient (Wildman–Crippen LogP) is 2.42. The first-order valence-corrected chi connectivity index (χ1v) is 6.19. The van der Waals surface area contributed by atoms with Gasteiger partial charge in [-0.15, -0.1) is 16.5 Å². The number of hydrogen-bond donors (Lipinski definition) is 1. The van der Waals surface area contributed by atoms with Crippen molar-refractivity contribution in [1.82, 2.24) is 10.3 Å². The molecule has 0 bridgehead atoms. The zero-order valence-corrected chi connectivity index (χ0v) is 10.2. The molecule has 1 aliphatic carbocycles. The average Bonchev–Trinajstić information content (AvgIpc) is 2.27. The molecule has 0 atom stereocenters. The lowest BCUT2D eigenvalue weighted by Gasteiger charge is -2.26. The third-order valence-electron chi connectivity index (χ3n) is 2.56. The number of hydrogen-bond acceptors (Lipinski definition) is 3. The van der Waals surface area contributed by atoms with E-state index < -0.39 is 0 Å². The van der Waals surface area contributed by atoms with Crippen LogP contribution in [0.15, 0.2) is 5.29 Å². The lowest BCUT2D eigenvalue weighted by Crippen LogP contribution is -2.43. The Morgan fingerprint density at radius 1 is 1.47 bits per heavy atom. The van der Waals surface area contributed by atoms with Crippen LogP contribution in [0.3, 0.4) is 0 Å². The zero-order valence-electron chi connectivity index (χ0n) is 8.62. The second-order valence-corrected chi connectivity index (χ2v) is 4.44. The van der Waals surface area contributed by atoms with E-state index in [0.717, 1.165) is 12.8 Å². The summed E-state index contributed by atoms with van der Waals surface area (Å²) in [6.45, 7) is 0.365. The maximum atomic E-state index is 10.5. The van der Waals surface area contributed by atoms with Crippen LogP contribution in [0.2, 0.25) is 0 Å². The molecule has 0 unspecified atom stereocenters. The minimum Gasteiger partial charge on any atom is -0.358 e. The molecule has 0 aromatic carbocycles. The standard InChI is InChI=1S/C9H16ClN3OS/c10-6-7-13(12-14)9(15)11-8-4-2-1-3-5-8/h8H,1-7H2,(H,11,15). The molecule has 0 saturated heterocycles. The summed E-state index contributed by atoms with van der Waals surface area (Å²) in [5, 5.41) is 7.60. The van der Waals surface area contributed by atoms with Gasteiger partial charge in [0.05, 0.1) is 11.8 Å². The summed E-state index contributed by atoms with van der Waals surface area (Å²) in [6.07, 6.45) is 5.98. The number of alkyl halides is 1. The fourth-order valence-corrected chi connectivity index (χ4v) is 2.21. The molecule has 0 amide bonds. The molecule has 86 valence electrons. The van der Waals surface area contributed by atoms with Gasteiger partial charge in [0.25, 0.3) is 0 Å². The van der Waals surface area contributed by atoms with E-state index in [1.54, 1.807) is 0 Å². The van der Waals surface area contributed by atoms with Crippen molar-refractivity contribution in [1.29, 1.82) is 0 Å². The molecule has 0 radical (unpaired) electrons. The number of nitrogens with one attached hydrogen (secondary N) is 1. The molecule has 4 nitrogen and oxygen atoms in total. The van der Waals surface area contributed by atoms with Gasteiger partial charge in [-0.2, -0.15) is 0 Å². The zero-order chi connectivity index (χ0) is 11.1. The lowest BCUT2D eigenvalue weighted by molar-refractivity contribution is 0.385. The van der Waals surface area contributed by atoms with Crippen LogP contribution in [-0.2, 0) is 0 Å². The first kappa shape index (κ1) is 12.6. The van der Waals surface area contributed by atoms with E-state index in [1.165, 1.54) is 24.3 Å². The number of nitrogens with zero attached hydrogens (tertiary/aromatic N) is 2. The largest absolute Gasteiger partial charge is 0.358 e. The Balaban J connectivity index is 2.34. The number of rotatable bonds is 4. The highest BCUT2D eigenvalue weighted by Crippen LogP contribution is 2.17.